The molecule has 2 aromatic carbocycles. The fourth-order valence-corrected chi connectivity index (χ4v) is 3.91. The number of hydrogen-bond acceptors (Lipinski definition) is 4. The van der Waals surface area contributed by atoms with E-state index in [1.54, 1.807) is 0 Å². The highest BCUT2D eigenvalue weighted by molar-refractivity contribution is 5.83. The molecule has 2 heterocycles. The number of likely N-dealkylation sites (tertiary alicyclic amines) is 1. The lowest BCUT2D eigenvalue weighted by molar-refractivity contribution is 0.165. The van der Waals surface area contributed by atoms with Gasteiger partial charge in [-0.05, 0) is 35.9 Å². The van der Waals surface area contributed by atoms with Crippen LogP contribution in [0.2, 0.25) is 0 Å². The van der Waals surface area contributed by atoms with Crippen molar-refractivity contribution < 1.29 is 4.74 Å². The molecule has 4 rings (SSSR count). The summed E-state index contributed by atoms with van der Waals surface area (Å²) in [6, 6.07) is 15.5. The molecule has 0 amide bonds. The molecule has 2 aliphatic rings. The molecule has 2 aromatic rings. The number of nitrogens with zero attached hydrogens (tertiary/aromatic N) is 2. The van der Waals surface area contributed by atoms with E-state index in [1.165, 1.54) is 43.4 Å². The van der Waals surface area contributed by atoms with Crippen LogP contribution in [0.3, 0.4) is 0 Å². The molecule has 1 atom stereocenters. The predicted molar refractivity (Wildman–Crippen MR) is 98.7 cm³/mol. The average Bonchev–Trinajstić information content (AvgIpc) is 3.11. The zero-order valence-corrected chi connectivity index (χ0v) is 14.3. The Morgan fingerprint density at radius 2 is 1.83 bits per heavy atom. The Morgan fingerprint density at radius 3 is 2.71 bits per heavy atom. The van der Waals surface area contributed by atoms with Crippen molar-refractivity contribution in [1.29, 1.82) is 0 Å². The van der Waals surface area contributed by atoms with Crippen LogP contribution in [0.25, 0.3) is 10.8 Å². The Labute approximate surface area is 144 Å². The minimum atomic E-state index is 0.743. The van der Waals surface area contributed by atoms with Crippen LogP contribution in [-0.2, 0) is 0 Å². The Morgan fingerprint density at radius 1 is 1.00 bits per heavy atom. The molecule has 0 aromatic heterocycles. The number of piperazine rings is 1. The second kappa shape index (κ2) is 7.51. The average molecular weight is 325 g/mol. The summed E-state index contributed by atoms with van der Waals surface area (Å²) in [5.74, 6) is 0.978. The number of fused-ring (bicyclic) bond motifs is 1. The smallest absolute Gasteiger partial charge is 0.120 e. The van der Waals surface area contributed by atoms with Crippen molar-refractivity contribution in [2.24, 2.45) is 0 Å². The van der Waals surface area contributed by atoms with Crippen molar-refractivity contribution in [2.75, 3.05) is 52.4 Å². The highest BCUT2D eigenvalue weighted by atomic mass is 16.5. The van der Waals surface area contributed by atoms with Gasteiger partial charge in [0.1, 0.15) is 12.4 Å². The Bertz CT molecular complexity index is 669. The maximum atomic E-state index is 5.99. The van der Waals surface area contributed by atoms with E-state index in [0.29, 0.717) is 0 Å². The zero-order valence-electron chi connectivity index (χ0n) is 14.3. The van der Waals surface area contributed by atoms with E-state index in [2.05, 4.69) is 57.6 Å². The minimum absolute atomic E-state index is 0.743. The van der Waals surface area contributed by atoms with Crippen LogP contribution in [-0.4, -0.2) is 68.3 Å². The van der Waals surface area contributed by atoms with E-state index in [4.69, 9.17) is 4.74 Å². The lowest BCUT2D eigenvalue weighted by Crippen LogP contribution is -2.49. The Hall–Kier alpha value is -1.62. The van der Waals surface area contributed by atoms with E-state index >= 15 is 0 Å². The molecule has 0 saturated carbocycles. The number of nitrogens with one attached hydrogen (secondary N) is 1. The van der Waals surface area contributed by atoms with Gasteiger partial charge in [0.15, 0.2) is 0 Å². The van der Waals surface area contributed by atoms with Crippen LogP contribution in [0.4, 0.5) is 0 Å². The molecule has 1 N–H and O–H groups in total. The summed E-state index contributed by atoms with van der Waals surface area (Å²) < 4.78 is 5.99. The lowest BCUT2D eigenvalue weighted by atomic mass is 10.1. The van der Waals surface area contributed by atoms with E-state index in [0.717, 1.165) is 38.0 Å². The number of ether oxygens (including phenoxy) is 1. The second-order valence-electron chi connectivity index (χ2n) is 6.89. The summed E-state index contributed by atoms with van der Waals surface area (Å²) in [7, 11) is 0. The van der Waals surface area contributed by atoms with Crippen LogP contribution in [0, 0.1) is 0 Å². The van der Waals surface area contributed by atoms with Gasteiger partial charge in [-0.15, -0.1) is 0 Å². The van der Waals surface area contributed by atoms with Gasteiger partial charge < -0.3 is 10.1 Å². The molecular formula is C20H27N3O. The first kappa shape index (κ1) is 15.9. The Kier molecular flexibility index (Phi) is 4.97. The van der Waals surface area contributed by atoms with Gasteiger partial charge in [-0.2, -0.15) is 0 Å². The largest absolute Gasteiger partial charge is 0.492 e. The van der Waals surface area contributed by atoms with Gasteiger partial charge in [0.05, 0.1) is 0 Å². The van der Waals surface area contributed by atoms with Crippen molar-refractivity contribution in [3.05, 3.63) is 42.5 Å². The molecule has 0 aliphatic carbocycles. The van der Waals surface area contributed by atoms with E-state index in [-0.39, 0.29) is 0 Å². The molecule has 4 heteroatoms. The molecule has 2 aliphatic heterocycles. The van der Waals surface area contributed by atoms with Crippen LogP contribution in [0.1, 0.15) is 6.42 Å². The van der Waals surface area contributed by atoms with Crippen LogP contribution in [0.15, 0.2) is 42.5 Å². The van der Waals surface area contributed by atoms with Crippen molar-refractivity contribution >= 4 is 10.8 Å². The Balaban J connectivity index is 1.25. The quantitative estimate of drug-likeness (QED) is 0.912. The molecule has 0 bridgehead atoms. The van der Waals surface area contributed by atoms with Gasteiger partial charge in [-0.3, -0.25) is 9.80 Å². The third kappa shape index (κ3) is 3.72. The minimum Gasteiger partial charge on any atom is -0.492 e. The van der Waals surface area contributed by atoms with Crippen molar-refractivity contribution in [2.45, 2.75) is 12.5 Å². The number of rotatable bonds is 5. The van der Waals surface area contributed by atoms with Crippen LogP contribution < -0.4 is 10.1 Å². The van der Waals surface area contributed by atoms with E-state index in [1.807, 2.05) is 0 Å². The predicted octanol–water partition coefficient (Wildman–Crippen LogP) is 2.20. The first-order valence-electron chi connectivity index (χ1n) is 9.17. The van der Waals surface area contributed by atoms with Crippen LogP contribution in [0.5, 0.6) is 5.75 Å². The SMILES string of the molecule is c1ccc2cc(OCCN3CCC(N4CCNCC4)C3)ccc2c1. The van der Waals surface area contributed by atoms with Crippen LogP contribution >= 0.6 is 0 Å². The molecular weight excluding hydrogens is 298 g/mol. The number of hydrogen-bond donors (Lipinski definition) is 1. The van der Waals surface area contributed by atoms with Gasteiger partial charge in [0.25, 0.3) is 0 Å². The standard InChI is InChI=1S/C20H27N3O/c1-2-4-18-15-20(6-5-17(18)3-1)24-14-13-22-10-7-19(16-22)23-11-8-21-9-12-23/h1-6,15,19,21H,7-14,16H2. The summed E-state index contributed by atoms with van der Waals surface area (Å²) in [6.45, 7) is 8.88. The maximum absolute atomic E-state index is 5.99. The summed E-state index contributed by atoms with van der Waals surface area (Å²) in [4.78, 5) is 5.20. The van der Waals surface area contributed by atoms with Crippen molar-refractivity contribution in [1.82, 2.24) is 15.1 Å². The molecule has 0 radical (unpaired) electrons. The third-order valence-electron chi connectivity index (χ3n) is 5.31. The number of benzene rings is 2. The van der Waals surface area contributed by atoms with Crippen molar-refractivity contribution in [3.63, 3.8) is 0 Å². The van der Waals surface area contributed by atoms with E-state index in [9.17, 15) is 0 Å². The molecule has 1 unspecified atom stereocenters. The van der Waals surface area contributed by atoms with Gasteiger partial charge in [0.2, 0.25) is 0 Å². The van der Waals surface area contributed by atoms with Gasteiger partial charge in [0, 0.05) is 45.3 Å². The van der Waals surface area contributed by atoms with Gasteiger partial charge in [-0.1, -0.05) is 30.3 Å². The molecule has 4 nitrogen and oxygen atoms in total. The van der Waals surface area contributed by atoms with E-state index < -0.39 is 0 Å². The topological polar surface area (TPSA) is 27.7 Å². The molecule has 2 saturated heterocycles. The second-order valence-corrected chi connectivity index (χ2v) is 6.89. The molecule has 24 heavy (non-hydrogen) atoms. The molecule has 2 fully saturated rings. The lowest BCUT2D eigenvalue weighted by Gasteiger charge is -2.32. The first-order valence-corrected chi connectivity index (χ1v) is 9.17. The first-order chi connectivity index (χ1) is 11.9. The maximum Gasteiger partial charge on any atom is 0.120 e. The summed E-state index contributed by atoms with van der Waals surface area (Å²) in [6.07, 6.45) is 1.30. The molecule has 0 spiro atoms. The molecule has 128 valence electrons. The highest BCUT2D eigenvalue weighted by Crippen LogP contribution is 2.21. The summed E-state index contributed by atoms with van der Waals surface area (Å²) in [5.41, 5.74) is 0. The fourth-order valence-electron chi connectivity index (χ4n) is 3.91. The van der Waals surface area contributed by atoms with Crippen molar-refractivity contribution in [3.8, 4) is 5.75 Å². The summed E-state index contributed by atoms with van der Waals surface area (Å²) >= 11 is 0. The van der Waals surface area contributed by atoms with Gasteiger partial charge >= 0.3 is 0 Å². The monoisotopic (exact) mass is 325 g/mol. The highest BCUT2D eigenvalue weighted by Gasteiger charge is 2.27. The normalized spacial score (nSPS) is 22.9. The van der Waals surface area contributed by atoms with Gasteiger partial charge in [-0.25, -0.2) is 0 Å². The zero-order chi connectivity index (χ0) is 16.2. The third-order valence-corrected chi connectivity index (χ3v) is 5.31. The fraction of sp³-hybridized carbons (Fsp3) is 0.500. The summed E-state index contributed by atoms with van der Waals surface area (Å²) in [5, 5.41) is 5.95.